The SMILES string of the molecule is CCOC(=O)[C@@H]1CCCN(C(=O)C2CCOC2C)C1. The number of piperidine rings is 1. The number of amides is 1. The Balaban J connectivity index is 1.93. The lowest BCUT2D eigenvalue weighted by atomic mass is 9.95. The molecule has 2 rings (SSSR count). The lowest BCUT2D eigenvalue weighted by Gasteiger charge is -2.33. The van der Waals surface area contributed by atoms with Gasteiger partial charge in [0.25, 0.3) is 0 Å². The number of hydrogen-bond donors (Lipinski definition) is 0. The Hall–Kier alpha value is -1.10. The van der Waals surface area contributed by atoms with E-state index in [1.54, 1.807) is 6.92 Å². The van der Waals surface area contributed by atoms with Gasteiger partial charge in [0.2, 0.25) is 5.91 Å². The maximum Gasteiger partial charge on any atom is 0.310 e. The Morgan fingerprint density at radius 3 is 2.79 bits per heavy atom. The van der Waals surface area contributed by atoms with Gasteiger partial charge in [0.1, 0.15) is 0 Å². The van der Waals surface area contributed by atoms with Crippen LogP contribution in [-0.2, 0) is 19.1 Å². The third-order valence-corrected chi connectivity index (χ3v) is 4.05. The Morgan fingerprint density at radius 2 is 2.16 bits per heavy atom. The molecule has 19 heavy (non-hydrogen) atoms. The lowest BCUT2D eigenvalue weighted by molar-refractivity contribution is -0.152. The van der Waals surface area contributed by atoms with E-state index in [4.69, 9.17) is 9.47 Å². The van der Waals surface area contributed by atoms with Crippen LogP contribution < -0.4 is 0 Å². The van der Waals surface area contributed by atoms with Crippen LogP contribution >= 0.6 is 0 Å². The fourth-order valence-electron chi connectivity index (χ4n) is 2.92. The molecule has 5 nitrogen and oxygen atoms in total. The maximum absolute atomic E-state index is 12.4. The molecule has 2 aliphatic heterocycles. The number of ether oxygens (including phenoxy) is 2. The molecule has 0 aromatic rings. The van der Waals surface area contributed by atoms with Crippen molar-refractivity contribution in [3.63, 3.8) is 0 Å². The van der Waals surface area contributed by atoms with E-state index >= 15 is 0 Å². The summed E-state index contributed by atoms with van der Waals surface area (Å²) in [6.07, 6.45) is 2.48. The number of nitrogens with zero attached hydrogens (tertiary/aromatic N) is 1. The summed E-state index contributed by atoms with van der Waals surface area (Å²) >= 11 is 0. The van der Waals surface area contributed by atoms with Crippen LogP contribution in [0.2, 0.25) is 0 Å². The van der Waals surface area contributed by atoms with E-state index in [1.807, 2.05) is 11.8 Å². The van der Waals surface area contributed by atoms with Crippen molar-refractivity contribution < 1.29 is 19.1 Å². The van der Waals surface area contributed by atoms with Gasteiger partial charge in [-0.25, -0.2) is 0 Å². The summed E-state index contributed by atoms with van der Waals surface area (Å²) in [7, 11) is 0. The van der Waals surface area contributed by atoms with Gasteiger partial charge in [0, 0.05) is 19.7 Å². The molecule has 0 aromatic carbocycles. The van der Waals surface area contributed by atoms with Crippen LogP contribution in [0.5, 0.6) is 0 Å². The molecule has 2 fully saturated rings. The zero-order valence-corrected chi connectivity index (χ0v) is 11.8. The molecule has 108 valence electrons. The molecule has 5 heteroatoms. The van der Waals surface area contributed by atoms with E-state index in [0.717, 1.165) is 25.8 Å². The molecule has 0 radical (unpaired) electrons. The number of rotatable bonds is 3. The molecule has 0 aliphatic carbocycles. The molecular weight excluding hydrogens is 246 g/mol. The lowest BCUT2D eigenvalue weighted by Crippen LogP contribution is -2.46. The van der Waals surface area contributed by atoms with Crippen LogP contribution in [0.15, 0.2) is 0 Å². The molecule has 0 N–H and O–H groups in total. The molecule has 2 heterocycles. The highest BCUT2D eigenvalue weighted by Gasteiger charge is 2.37. The summed E-state index contributed by atoms with van der Waals surface area (Å²) in [4.78, 5) is 26.0. The second-order valence-corrected chi connectivity index (χ2v) is 5.35. The first-order valence-electron chi connectivity index (χ1n) is 7.20. The molecule has 0 spiro atoms. The number of carbonyl (C=O) groups is 2. The Kier molecular flexibility index (Phi) is 4.80. The summed E-state index contributed by atoms with van der Waals surface area (Å²) < 4.78 is 10.5. The molecule has 1 amide bonds. The van der Waals surface area contributed by atoms with Crippen LogP contribution in [0.1, 0.15) is 33.1 Å². The van der Waals surface area contributed by atoms with Gasteiger partial charge in [0.05, 0.1) is 24.5 Å². The Morgan fingerprint density at radius 1 is 1.37 bits per heavy atom. The minimum Gasteiger partial charge on any atom is -0.466 e. The molecule has 0 aromatic heterocycles. The monoisotopic (exact) mass is 269 g/mol. The number of carbonyl (C=O) groups excluding carboxylic acids is 2. The topological polar surface area (TPSA) is 55.8 Å². The van der Waals surface area contributed by atoms with Gasteiger partial charge in [-0.2, -0.15) is 0 Å². The zero-order chi connectivity index (χ0) is 13.8. The molecule has 2 aliphatic rings. The van der Waals surface area contributed by atoms with E-state index in [9.17, 15) is 9.59 Å². The predicted octanol–water partition coefficient (Wildman–Crippen LogP) is 1.21. The fraction of sp³-hybridized carbons (Fsp3) is 0.857. The Bertz CT molecular complexity index is 344. The maximum atomic E-state index is 12.4. The highest BCUT2D eigenvalue weighted by molar-refractivity contribution is 5.81. The number of hydrogen-bond acceptors (Lipinski definition) is 4. The normalized spacial score (nSPS) is 31.3. The van der Waals surface area contributed by atoms with Crippen molar-refractivity contribution in [1.82, 2.24) is 4.90 Å². The van der Waals surface area contributed by atoms with Crippen molar-refractivity contribution >= 4 is 11.9 Å². The van der Waals surface area contributed by atoms with Crippen molar-refractivity contribution in [1.29, 1.82) is 0 Å². The first-order chi connectivity index (χ1) is 9.13. The first kappa shape index (κ1) is 14.3. The summed E-state index contributed by atoms with van der Waals surface area (Å²) in [5.41, 5.74) is 0. The minimum absolute atomic E-state index is 0.00419. The van der Waals surface area contributed by atoms with Gasteiger partial charge in [0.15, 0.2) is 0 Å². The highest BCUT2D eigenvalue weighted by Crippen LogP contribution is 2.26. The number of likely N-dealkylation sites (tertiary alicyclic amines) is 1. The number of esters is 1. The predicted molar refractivity (Wildman–Crippen MR) is 69.5 cm³/mol. The molecule has 0 saturated carbocycles. The summed E-state index contributed by atoms with van der Waals surface area (Å²) in [5.74, 6) is -0.231. The fourth-order valence-corrected chi connectivity index (χ4v) is 2.92. The van der Waals surface area contributed by atoms with Gasteiger partial charge in [-0.15, -0.1) is 0 Å². The zero-order valence-electron chi connectivity index (χ0n) is 11.8. The van der Waals surface area contributed by atoms with E-state index < -0.39 is 0 Å². The van der Waals surface area contributed by atoms with Crippen molar-refractivity contribution in [3.8, 4) is 0 Å². The summed E-state index contributed by atoms with van der Waals surface area (Å²) in [5, 5.41) is 0. The quantitative estimate of drug-likeness (QED) is 0.723. The smallest absolute Gasteiger partial charge is 0.310 e. The second kappa shape index (κ2) is 6.37. The third-order valence-electron chi connectivity index (χ3n) is 4.05. The van der Waals surface area contributed by atoms with Crippen LogP contribution in [0.25, 0.3) is 0 Å². The van der Waals surface area contributed by atoms with E-state index in [2.05, 4.69) is 0 Å². The van der Waals surface area contributed by atoms with Crippen molar-refractivity contribution in [3.05, 3.63) is 0 Å². The highest BCUT2D eigenvalue weighted by atomic mass is 16.5. The molecule has 2 saturated heterocycles. The first-order valence-corrected chi connectivity index (χ1v) is 7.20. The second-order valence-electron chi connectivity index (χ2n) is 5.35. The van der Waals surface area contributed by atoms with Gasteiger partial charge in [-0.1, -0.05) is 0 Å². The van der Waals surface area contributed by atoms with Gasteiger partial charge >= 0.3 is 5.97 Å². The average molecular weight is 269 g/mol. The van der Waals surface area contributed by atoms with Crippen LogP contribution in [0.4, 0.5) is 0 Å². The van der Waals surface area contributed by atoms with Crippen molar-refractivity contribution in [2.45, 2.75) is 39.2 Å². The van der Waals surface area contributed by atoms with E-state index in [-0.39, 0.29) is 29.8 Å². The van der Waals surface area contributed by atoms with Gasteiger partial charge in [-0.05, 0) is 33.1 Å². The van der Waals surface area contributed by atoms with Crippen LogP contribution in [0, 0.1) is 11.8 Å². The van der Waals surface area contributed by atoms with Gasteiger partial charge < -0.3 is 14.4 Å². The largest absolute Gasteiger partial charge is 0.466 e. The minimum atomic E-state index is -0.171. The molecule has 2 unspecified atom stereocenters. The summed E-state index contributed by atoms with van der Waals surface area (Å²) in [6.45, 7) is 6.06. The van der Waals surface area contributed by atoms with Crippen molar-refractivity contribution in [2.75, 3.05) is 26.3 Å². The van der Waals surface area contributed by atoms with E-state index in [0.29, 0.717) is 19.8 Å². The molecular formula is C14H23NO4. The standard InChI is InChI=1S/C14H23NO4/c1-3-18-14(17)11-5-4-7-15(9-11)13(16)12-6-8-19-10(12)2/h10-12H,3-9H2,1-2H3/t10?,11-,12?/m1/s1. The van der Waals surface area contributed by atoms with E-state index in [1.165, 1.54) is 0 Å². The van der Waals surface area contributed by atoms with Crippen molar-refractivity contribution in [2.24, 2.45) is 11.8 Å². The average Bonchev–Trinajstić information content (AvgIpc) is 2.84. The molecule has 0 bridgehead atoms. The third kappa shape index (κ3) is 3.26. The molecule has 3 atom stereocenters. The van der Waals surface area contributed by atoms with Gasteiger partial charge in [-0.3, -0.25) is 9.59 Å². The summed E-state index contributed by atoms with van der Waals surface area (Å²) in [6, 6.07) is 0. The van der Waals surface area contributed by atoms with Crippen LogP contribution in [-0.4, -0.2) is 49.2 Å². The Labute approximate surface area is 114 Å². The van der Waals surface area contributed by atoms with Crippen LogP contribution in [0.3, 0.4) is 0 Å².